The summed E-state index contributed by atoms with van der Waals surface area (Å²) in [5, 5.41) is 15.2. The number of thiophene rings is 2. The number of rotatable bonds is 7. The normalized spacial score (nSPS) is 11.9. The van der Waals surface area contributed by atoms with Gasteiger partial charge in [0.05, 0.1) is 22.1 Å². The lowest BCUT2D eigenvalue weighted by atomic mass is 9.88. The van der Waals surface area contributed by atoms with Crippen LogP contribution in [0.4, 0.5) is 0 Å². The molecule has 2 nitrogen and oxygen atoms in total. The molecule has 4 heterocycles. The summed E-state index contributed by atoms with van der Waals surface area (Å²) >= 11 is 3.79. The Morgan fingerprint density at radius 1 is 0.184 bits per heavy atom. The average molecular weight is 1000 g/mol. The van der Waals surface area contributed by atoms with Crippen molar-refractivity contribution in [2.24, 2.45) is 0 Å². The van der Waals surface area contributed by atoms with E-state index in [0.29, 0.717) is 0 Å². The predicted molar refractivity (Wildman–Crippen MR) is 328 cm³/mol. The maximum atomic E-state index is 2.40. The monoisotopic (exact) mass is 1000 g/mol. The van der Waals surface area contributed by atoms with Gasteiger partial charge in [-0.05, 0) is 138 Å². The molecule has 0 unspecified atom stereocenters. The molecule has 0 aliphatic rings. The standard InChI is InChI=1S/C72H44N2S2/c1-5-25-57-53(21-1)69(45-33-37-47(38-34-45)73-61-29-13-9-17-49(61)50-18-10-14-30-62(50)73)54-22-2-6-26-58(54)71(57)67-43-41-65(75-67)66-42-44-68(76-66)72-59-27-7-3-23-55(59)70(56-24-4-8-28-60(56)72)46-35-39-48(40-36-46)74-63-31-15-11-19-51(63)52-20-12-16-32-64(52)74/h1-44H. The third-order valence-electron chi connectivity index (χ3n) is 15.8. The molecule has 0 spiro atoms. The molecule has 4 aromatic heterocycles. The third kappa shape index (κ3) is 6.51. The summed E-state index contributed by atoms with van der Waals surface area (Å²) in [5.41, 5.74) is 14.7. The van der Waals surface area contributed by atoms with E-state index in [9.17, 15) is 0 Å². The zero-order valence-corrected chi connectivity index (χ0v) is 42.7. The van der Waals surface area contributed by atoms with E-state index in [2.05, 4.69) is 276 Å². The second kappa shape index (κ2) is 17.1. The van der Waals surface area contributed by atoms with E-state index in [0.717, 1.165) is 11.4 Å². The number of nitrogens with zero attached hydrogens (tertiary/aromatic N) is 2. The molecule has 0 fully saturated rings. The number of para-hydroxylation sites is 4. The van der Waals surface area contributed by atoms with Crippen LogP contribution in [0.3, 0.4) is 0 Å². The fourth-order valence-corrected chi connectivity index (χ4v) is 14.8. The van der Waals surface area contributed by atoms with Crippen molar-refractivity contribution >= 4 is 109 Å². The van der Waals surface area contributed by atoms with Gasteiger partial charge in [0, 0.05) is 63.6 Å². The maximum Gasteiger partial charge on any atom is 0.0541 e. The molecule has 0 saturated carbocycles. The van der Waals surface area contributed by atoms with Crippen molar-refractivity contribution in [3.8, 4) is 64.3 Å². The predicted octanol–water partition coefficient (Wildman–Crippen LogP) is 21.0. The third-order valence-corrected chi connectivity index (χ3v) is 18.2. The lowest BCUT2D eigenvalue weighted by Gasteiger charge is -2.17. The van der Waals surface area contributed by atoms with Crippen LogP contribution in [0.15, 0.2) is 267 Å². The van der Waals surface area contributed by atoms with Crippen LogP contribution in [0.2, 0.25) is 0 Å². The molecule has 0 aliphatic heterocycles. The summed E-state index contributed by atoms with van der Waals surface area (Å²) < 4.78 is 4.79. The van der Waals surface area contributed by atoms with Crippen LogP contribution < -0.4 is 0 Å². The first-order valence-electron chi connectivity index (χ1n) is 26.0. The van der Waals surface area contributed by atoms with E-state index in [4.69, 9.17) is 0 Å². The van der Waals surface area contributed by atoms with Crippen molar-refractivity contribution < 1.29 is 0 Å². The minimum Gasteiger partial charge on any atom is -0.309 e. The van der Waals surface area contributed by atoms with Gasteiger partial charge in [0.15, 0.2) is 0 Å². The summed E-state index contributed by atoms with van der Waals surface area (Å²) in [6.45, 7) is 0. The Hall–Kier alpha value is -9.32. The summed E-state index contributed by atoms with van der Waals surface area (Å²) in [7, 11) is 0. The molecule has 0 aliphatic carbocycles. The minimum atomic E-state index is 1.16. The van der Waals surface area contributed by atoms with E-state index < -0.39 is 0 Å². The molecule has 354 valence electrons. The fourth-order valence-electron chi connectivity index (χ4n) is 12.6. The summed E-state index contributed by atoms with van der Waals surface area (Å²) in [4.78, 5) is 5.10. The zero-order valence-electron chi connectivity index (χ0n) is 41.1. The van der Waals surface area contributed by atoms with Gasteiger partial charge < -0.3 is 9.13 Å². The van der Waals surface area contributed by atoms with Crippen molar-refractivity contribution in [2.45, 2.75) is 0 Å². The number of fused-ring (bicyclic) bond motifs is 10. The Morgan fingerprint density at radius 2 is 0.408 bits per heavy atom. The van der Waals surface area contributed by atoms with E-state index in [1.807, 2.05) is 22.7 Å². The molecule has 4 heteroatoms. The van der Waals surface area contributed by atoms with E-state index in [1.165, 1.54) is 140 Å². The average Bonchev–Trinajstić information content (AvgIpc) is 4.37. The lowest BCUT2D eigenvalue weighted by Crippen LogP contribution is -1.94. The molecule has 16 aromatic rings. The number of aromatic nitrogens is 2. The first-order valence-corrected chi connectivity index (χ1v) is 27.6. The first-order chi connectivity index (χ1) is 37.7. The quantitative estimate of drug-likeness (QED) is 0.141. The van der Waals surface area contributed by atoms with Gasteiger partial charge in [-0.2, -0.15) is 0 Å². The Bertz CT molecular complexity index is 4450. The van der Waals surface area contributed by atoms with Crippen molar-refractivity contribution in [2.75, 3.05) is 0 Å². The Kier molecular flexibility index (Phi) is 9.71. The smallest absolute Gasteiger partial charge is 0.0541 e. The number of hydrogen-bond acceptors (Lipinski definition) is 2. The number of hydrogen-bond donors (Lipinski definition) is 0. The van der Waals surface area contributed by atoms with Crippen molar-refractivity contribution in [1.29, 1.82) is 0 Å². The topological polar surface area (TPSA) is 9.86 Å². The van der Waals surface area contributed by atoms with Crippen molar-refractivity contribution in [3.05, 3.63) is 267 Å². The van der Waals surface area contributed by atoms with Gasteiger partial charge >= 0.3 is 0 Å². The highest BCUT2D eigenvalue weighted by molar-refractivity contribution is 7.25. The highest BCUT2D eigenvalue weighted by atomic mass is 32.1. The highest BCUT2D eigenvalue weighted by Gasteiger charge is 2.22. The van der Waals surface area contributed by atoms with Crippen LogP contribution in [0.1, 0.15) is 0 Å². The van der Waals surface area contributed by atoms with Crippen molar-refractivity contribution in [3.63, 3.8) is 0 Å². The Labute approximate surface area is 446 Å². The van der Waals surface area contributed by atoms with Gasteiger partial charge in [-0.25, -0.2) is 0 Å². The largest absolute Gasteiger partial charge is 0.309 e. The fraction of sp³-hybridized carbons (Fsp3) is 0. The minimum absolute atomic E-state index is 1.16. The molecule has 0 N–H and O–H groups in total. The zero-order chi connectivity index (χ0) is 49.8. The first kappa shape index (κ1) is 43.1. The van der Waals surface area contributed by atoms with E-state index in [1.54, 1.807) is 0 Å². The summed E-state index contributed by atoms with van der Waals surface area (Å²) in [6.07, 6.45) is 0. The molecule has 0 amide bonds. The second-order valence-corrected chi connectivity index (χ2v) is 22.0. The van der Waals surface area contributed by atoms with Gasteiger partial charge in [-0.1, -0.05) is 194 Å². The molecule has 0 bridgehead atoms. The van der Waals surface area contributed by atoms with Gasteiger partial charge in [0.2, 0.25) is 0 Å². The Balaban J connectivity index is 0.776. The molecular weight excluding hydrogens is 957 g/mol. The van der Waals surface area contributed by atoms with E-state index in [-0.39, 0.29) is 0 Å². The van der Waals surface area contributed by atoms with Gasteiger partial charge in [0.25, 0.3) is 0 Å². The molecule has 76 heavy (non-hydrogen) atoms. The summed E-state index contributed by atoms with van der Waals surface area (Å²) in [5.74, 6) is 0. The molecule has 12 aromatic carbocycles. The van der Waals surface area contributed by atoms with Crippen LogP contribution in [-0.2, 0) is 0 Å². The van der Waals surface area contributed by atoms with Crippen LogP contribution in [-0.4, -0.2) is 9.13 Å². The van der Waals surface area contributed by atoms with E-state index >= 15 is 0 Å². The van der Waals surface area contributed by atoms with Crippen LogP contribution in [0, 0.1) is 0 Å². The summed E-state index contributed by atoms with van der Waals surface area (Å²) in [6, 6.07) is 98.7. The van der Waals surface area contributed by atoms with Gasteiger partial charge in [0.1, 0.15) is 0 Å². The molecule has 0 radical (unpaired) electrons. The lowest BCUT2D eigenvalue weighted by molar-refractivity contribution is 1.18. The molecule has 0 saturated heterocycles. The van der Waals surface area contributed by atoms with Crippen LogP contribution in [0.5, 0.6) is 0 Å². The van der Waals surface area contributed by atoms with Crippen LogP contribution in [0.25, 0.3) is 151 Å². The Morgan fingerprint density at radius 3 is 0.684 bits per heavy atom. The maximum absolute atomic E-state index is 2.40. The number of benzene rings is 12. The van der Waals surface area contributed by atoms with Crippen LogP contribution >= 0.6 is 22.7 Å². The molecule has 16 rings (SSSR count). The second-order valence-electron chi connectivity index (χ2n) is 19.8. The SMILES string of the molecule is c1ccc2c(-c3ccc(-c4ccc(-c5c6ccccc6c(-c6ccc(-n7c8ccccc8c8ccccc87)cc6)c6ccccc56)s4)s3)c3ccccc3c(-c3ccc(-n4c5ccccc5c5ccccc54)cc3)c2c1. The molecular formula is C72H44N2S2. The van der Waals surface area contributed by atoms with Gasteiger partial charge in [-0.3, -0.25) is 0 Å². The molecule has 0 atom stereocenters. The van der Waals surface area contributed by atoms with Gasteiger partial charge in [-0.15, -0.1) is 22.7 Å². The highest BCUT2D eigenvalue weighted by Crippen LogP contribution is 2.50. The van der Waals surface area contributed by atoms with Crippen molar-refractivity contribution in [1.82, 2.24) is 9.13 Å².